The standard InChI is InChI=1S/C21H25Cl3N2O9S/c1-10(35-19(30)32-7-12-3-4-12)15(18(29)34-9-21(22,23)24)26-16(28)14(25-11(2)27)17(26)36-20(31)33-8-13-5-6-13/h12-14,17H,3-9H2,1-2H3,(H,25,27). The quantitative estimate of drug-likeness (QED) is 0.101. The molecule has 1 saturated heterocycles. The number of carbonyl (C=O) groups is 5. The van der Waals surface area contributed by atoms with E-state index in [0.29, 0.717) is 17.7 Å². The lowest BCUT2D eigenvalue weighted by Gasteiger charge is -2.46. The van der Waals surface area contributed by atoms with Crippen LogP contribution in [0.2, 0.25) is 0 Å². The van der Waals surface area contributed by atoms with Crippen molar-refractivity contribution in [2.45, 2.75) is 54.7 Å². The van der Waals surface area contributed by atoms with Crippen molar-refractivity contribution in [3.63, 3.8) is 0 Å². The second-order valence-electron chi connectivity index (χ2n) is 8.60. The molecular formula is C21H25Cl3N2O9S. The van der Waals surface area contributed by atoms with E-state index in [2.05, 4.69) is 5.32 Å². The van der Waals surface area contributed by atoms with Gasteiger partial charge in [-0.15, -0.1) is 0 Å². The van der Waals surface area contributed by atoms with Gasteiger partial charge in [0.1, 0.15) is 23.8 Å². The molecule has 2 aliphatic carbocycles. The molecule has 0 bridgehead atoms. The average molecular weight is 588 g/mol. The van der Waals surface area contributed by atoms with E-state index in [1.165, 1.54) is 13.8 Å². The van der Waals surface area contributed by atoms with Crippen molar-refractivity contribution in [2.24, 2.45) is 11.8 Å². The van der Waals surface area contributed by atoms with Gasteiger partial charge in [0.2, 0.25) is 9.70 Å². The van der Waals surface area contributed by atoms with Gasteiger partial charge >= 0.3 is 17.4 Å². The molecule has 0 aromatic rings. The number of nitrogens with one attached hydrogen (secondary N) is 1. The van der Waals surface area contributed by atoms with Crippen LogP contribution in [0.15, 0.2) is 11.5 Å². The molecule has 0 aromatic carbocycles. The topological polar surface area (TPSA) is 138 Å². The highest BCUT2D eigenvalue weighted by molar-refractivity contribution is 8.13. The van der Waals surface area contributed by atoms with E-state index in [1.807, 2.05) is 0 Å². The predicted octanol–water partition coefficient (Wildman–Crippen LogP) is 3.65. The summed E-state index contributed by atoms with van der Waals surface area (Å²) in [6.45, 7) is 2.12. The Hall–Kier alpha value is -1.89. The molecule has 2 unspecified atom stereocenters. The Morgan fingerprint density at radius 1 is 1.00 bits per heavy atom. The Morgan fingerprint density at radius 3 is 2.11 bits per heavy atom. The molecule has 2 amide bonds. The van der Waals surface area contributed by atoms with Crippen LogP contribution in [0.3, 0.4) is 0 Å². The fraction of sp³-hybridized carbons (Fsp3) is 0.667. The van der Waals surface area contributed by atoms with Gasteiger partial charge in [0.05, 0.1) is 13.2 Å². The van der Waals surface area contributed by atoms with Gasteiger partial charge in [0.25, 0.3) is 5.91 Å². The molecule has 0 spiro atoms. The summed E-state index contributed by atoms with van der Waals surface area (Å²) in [6, 6.07) is -1.16. The fourth-order valence-corrected chi connectivity index (χ4v) is 4.21. The van der Waals surface area contributed by atoms with Crippen molar-refractivity contribution in [1.29, 1.82) is 0 Å². The number of alkyl halides is 3. The van der Waals surface area contributed by atoms with Crippen molar-refractivity contribution in [1.82, 2.24) is 10.2 Å². The van der Waals surface area contributed by atoms with Crippen molar-refractivity contribution in [3.8, 4) is 0 Å². The monoisotopic (exact) mass is 586 g/mol. The zero-order valence-electron chi connectivity index (χ0n) is 19.4. The van der Waals surface area contributed by atoms with Crippen molar-refractivity contribution in [2.75, 3.05) is 19.8 Å². The second-order valence-corrected chi connectivity index (χ2v) is 12.2. The number of allylic oxidation sites excluding steroid dienone is 1. The van der Waals surface area contributed by atoms with Crippen LogP contribution in [0.5, 0.6) is 0 Å². The Bertz CT molecular complexity index is 947. The van der Waals surface area contributed by atoms with Crippen molar-refractivity contribution >= 4 is 75.8 Å². The number of nitrogens with zero attached hydrogens (tertiary/aromatic N) is 1. The molecular weight excluding hydrogens is 563 g/mol. The number of hydrogen-bond donors (Lipinski definition) is 1. The van der Waals surface area contributed by atoms with E-state index in [1.54, 1.807) is 0 Å². The van der Waals surface area contributed by atoms with E-state index >= 15 is 0 Å². The van der Waals surface area contributed by atoms with Crippen LogP contribution in [0.4, 0.5) is 9.59 Å². The molecule has 2 atom stereocenters. The minimum Gasteiger partial charge on any atom is -0.457 e. The van der Waals surface area contributed by atoms with Crippen LogP contribution in [-0.2, 0) is 33.3 Å². The Kier molecular flexibility index (Phi) is 9.64. The first kappa shape index (κ1) is 28.7. The highest BCUT2D eigenvalue weighted by Crippen LogP contribution is 2.38. The third kappa shape index (κ3) is 8.60. The van der Waals surface area contributed by atoms with E-state index in [-0.39, 0.29) is 24.9 Å². The molecule has 0 aromatic heterocycles. The molecule has 3 rings (SSSR count). The first-order valence-corrected chi connectivity index (χ1v) is 13.1. The maximum absolute atomic E-state index is 13.0. The summed E-state index contributed by atoms with van der Waals surface area (Å²) >= 11 is 17.6. The summed E-state index contributed by atoms with van der Waals surface area (Å²) in [5.41, 5.74) is -0.522. The summed E-state index contributed by atoms with van der Waals surface area (Å²) in [7, 11) is 0. The lowest BCUT2D eigenvalue weighted by molar-refractivity contribution is -0.153. The van der Waals surface area contributed by atoms with Gasteiger partial charge in [-0.05, 0) is 56.2 Å². The molecule has 36 heavy (non-hydrogen) atoms. The number of rotatable bonds is 10. The van der Waals surface area contributed by atoms with Gasteiger partial charge in [-0.1, -0.05) is 34.8 Å². The summed E-state index contributed by atoms with van der Waals surface area (Å²) < 4.78 is 18.4. The van der Waals surface area contributed by atoms with Gasteiger partial charge in [-0.3, -0.25) is 14.5 Å². The molecule has 2 saturated carbocycles. The van der Waals surface area contributed by atoms with Crippen LogP contribution in [-0.4, -0.2) is 69.2 Å². The molecule has 1 aliphatic heterocycles. The number of β-lactam (4-membered cyclic amide) rings is 1. The highest BCUT2D eigenvalue weighted by atomic mass is 35.6. The van der Waals surface area contributed by atoms with Crippen LogP contribution in [0, 0.1) is 11.8 Å². The Morgan fingerprint density at radius 2 is 1.58 bits per heavy atom. The van der Waals surface area contributed by atoms with Gasteiger partial charge < -0.3 is 24.3 Å². The summed E-state index contributed by atoms with van der Waals surface area (Å²) in [4.78, 5) is 63.0. The van der Waals surface area contributed by atoms with Gasteiger partial charge in [0.15, 0.2) is 5.70 Å². The summed E-state index contributed by atoms with van der Waals surface area (Å²) in [5, 5.41) is 0.613. The minimum atomic E-state index is -1.96. The largest absolute Gasteiger partial charge is 0.513 e. The number of halogens is 3. The van der Waals surface area contributed by atoms with Crippen molar-refractivity contribution in [3.05, 3.63) is 11.5 Å². The highest BCUT2D eigenvalue weighted by Gasteiger charge is 2.54. The van der Waals surface area contributed by atoms with Crippen LogP contribution in [0.1, 0.15) is 39.5 Å². The molecule has 200 valence electrons. The first-order chi connectivity index (χ1) is 16.9. The Labute approximate surface area is 226 Å². The SMILES string of the molecule is CC(=O)NC1C(=O)N(C(C(=O)OCC(Cl)(Cl)Cl)=C(C)OC(=O)OCC2CC2)C1SC(=O)OCC1CC1. The number of carbonyl (C=O) groups excluding carboxylic acids is 5. The molecule has 1 N–H and O–H groups in total. The third-order valence-corrected chi connectivity index (χ3v) is 6.62. The molecule has 3 aliphatic rings. The Balaban J connectivity index is 1.82. The summed E-state index contributed by atoms with van der Waals surface area (Å²) in [5.74, 6) is -2.26. The predicted molar refractivity (Wildman–Crippen MR) is 129 cm³/mol. The minimum absolute atomic E-state index is 0.151. The first-order valence-electron chi connectivity index (χ1n) is 11.1. The molecule has 0 radical (unpaired) electrons. The molecule has 3 fully saturated rings. The number of thioether (sulfide) groups is 1. The smallest absolute Gasteiger partial charge is 0.457 e. The zero-order valence-corrected chi connectivity index (χ0v) is 22.5. The third-order valence-electron chi connectivity index (χ3n) is 5.26. The maximum Gasteiger partial charge on any atom is 0.513 e. The van der Waals surface area contributed by atoms with E-state index in [4.69, 9.17) is 53.8 Å². The van der Waals surface area contributed by atoms with Crippen LogP contribution < -0.4 is 5.32 Å². The lowest BCUT2D eigenvalue weighted by atomic mass is 10.1. The molecule has 15 heteroatoms. The van der Waals surface area contributed by atoms with Gasteiger partial charge in [0, 0.05) is 6.92 Å². The van der Waals surface area contributed by atoms with Gasteiger partial charge in [-0.25, -0.2) is 14.4 Å². The number of likely N-dealkylation sites (tertiary alicyclic amines) is 1. The maximum atomic E-state index is 13.0. The van der Waals surface area contributed by atoms with E-state index in [0.717, 1.165) is 30.6 Å². The van der Waals surface area contributed by atoms with Crippen LogP contribution in [0.25, 0.3) is 0 Å². The number of hydrogen-bond acceptors (Lipinski definition) is 10. The van der Waals surface area contributed by atoms with E-state index < -0.39 is 56.8 Å². The fourth-order valence-electron chi connectivity index (χ4n) is 3.08. The lowest BCUT2D eigenvalue weighted by Crippen LogP contribution is -2.69. The average Bonchev–Trinajstić information content (AvgIpc) is 3.69. The van der Waals surface area contributed by atoms with Gasteiger partial charge in [-0.2, -0.15) is 0 Å². The summed E-state index contributed by atoms with van der Waals surface area (Å²) in [6.07, 6.45) is 2.68. The molecule has 1 heterocycles. The normalized spacial score (nSPS) is 22.1. The number of ether oxygens (including phenoxy) is 4. The van der Waals surface area contributed by atoms with Crippen molar-refractivity contribution < 1.29 is 42.9 Å². The van der Waals surface area contributed by atoms with E-state index in [9.17, 15) is 24.0 Å². The second kappa shape index (κ2) is 12.1. The number of amides is 2. The zero-order chi connectivity index (χ0) is 26.6. The molecule has 11 nitrogen and oxygen atoms in total. The van der Waals surface area contributed by atoms with Crippen LogP contribution >= 0.6 is 46.6 Å². The number of esters is 1.